The zero-order valence-corrected chi connectivity index (χ0v) is 11.4. The van der Waals surface area contributed by atoms with Crippen LogP contribution in [0.1, 0.15) is 10.4 Å². The van der Waals surface area contributed by atoms with Gasteiger partial charge in [0.2, 0.25) is 5.88 Å². The molecule has 0 saturated heterocycles. The standard InChI is InChI=1S/C13H10ClFN2O3/c1-19-11-3-7(10(15)4-9(11)14)12-8(5-18)13(20-2)17-6-16-12/h3-6H,1-2H3. The first-order valence-corrected chi connectivity index (χ1v) is 5.87. The van der Waals surface area contributed by atoms with Crippen LogP contribution in [0.4, 0.5) is 4.39 Å². The summed E-state index contributed by atoms with van der Waals surface area (Å²) in [5.74, 6) is -0.282. The maximum absolute atomic E-state index is 14.0. The van der Waals surface area contributed by atoms with Gasteiger partial charge in [0, 0.05) is 5.56 Å². The lowest BCUT2D eigenvalue weighted by atomic mass is 10.1. The summed E-state index contributed by atoms with van der Waals surface area (Å²) in [5.41, 5.74) is 0.242. The summed E-state index contributed by atoms with van der Waals surface area (Å²) >= 11 is 5.83. The molecule has 20 heavy (non-hydrogen) atoms. The van der Waals surface area contributed by atoms with Crippen LogP contribution in [-0.4, -0.2) is 30.5 Å². The first kappa shape index (κ1) is 14.2. The van der Waals surface area contributed by atoms with Crippen molar-refractivity contribution in [3.63, 3.8) is 0 Å². The van der Waals surface area contributed by atoms with E-state index < -0.39 is 5.82 Å². The van der Waals surface area contributed by atoms with Gasteiger partial charge in [0.1, 0.15) is 23.5 Å². The highest BCUT2D eigenvalue weighted by Gasteiger charge is 2.18. The third-order valence-corrected chi connectivity index (χ3v) is 2.95. The van der Waals surface area contributed by atoms with E-state index in [4.69, 9.17) is 21.1 Å². The molecule has 1 aromatic carbocycles. The van der Waals surface area contributed by atoms with E-state index in [9.17, 15) is 9.18 Å². The van der Waals surface area contributed by atoms with Gasteiger partial charge in [-0.1, -0.05) is 11.6 Å². The van der Waals surface area contributed by atoms with Gasteiger partial charge in [-0.2, -0.15) is 0 Å². The van der Waals surface area contributed by atoms with Gasteiger partial charge in [0.05, 0.1) is 24.9 Å². The van der Waals surface area contributed by atoms with Crippen molar-refractivity contribution in [2.75, 3.05) is 14.2 Å². The highest BCUT2D eigenvalue weighted by molar-refractivity contribution is 6.32. The smallest absolute Gasteiger partial charge is 0.227 e. The largest absolute Gasteiger partial charge is 0.495 e. The molecule has 0 fully saturated rings. The van der Waals surface area contributed by atoms with Crippen molar-refractivity contribution in [2.45, 2.75) is 0 Å². The molecule has 0 amide bonds. The second-order valence-electron chi connectivity index (χ2n) is 3.73. The Hall–Kier alpha value is -2.21. The molecule has 104 valence electrons. The lowest BCUT2D eigenvalue weighted by Gasteiger charge is -2.10. The number of aldehydes is 1. The Labute approximate surface area is 119 Å². The summed E-state index contributed by atoms with van der Waals surface area (Å²) < 4.78 is 24.0. The molecular formula is C13H10ClFN2O3. The quantitative estimate of drug-likeness (QED) is 0.812. The zero-order valence-electron chi connectivity index (χ0n) is 10.7. The van der Waals surface area contributed by atoms with Gasteiger partial charge in [-0.3, -0.25) is 4.79 Å². The fourth-order valence-corrected chi connectivity index (χ4v) is 1.96. The monoisotopic (exact) mass is 296 g/mol. The van der Waals surface area contributed by atoms with E-state index in [0.717, 1.165) is 6.07 Å². The second-order valence-corrected chi connectivity index (χ2v) is 4.14. The normalized spacial score (nSPS) is 10.2. The summed E-state index contributed by atoms with van der Waals surface area (Å²) in [4.78, 5) is 18.9. The fourth-order valence-electron chi connectivity index (χ4n) is 1.73. The Bertz CT molecular complexity index is 664. The van der Waals surface area contributed by atoms with E-state index in [1.807, 2.05) is 0 Å². The Balaban J connectivity index is 2.71. The minimum absolute atomic E-state index is 0.0540. The van der Waals surface area contributed by atoms with Gasteiger partial charge in [-0.15, -0.1) is 0 Å². The molecule has 5 nitrogen and oxygen atoms in total. The van der Waals surface area contributed by atoms with Crippen molar-refractivity contribution in [3.05, 3.63) is 34.9 Å². The van der Waals surface area contributed by atoms with Crippen LogP contribution >= 0.6 is 11.6 Å². The predicted molar refractivity (Wildman–Crippen MR) is 70.9 cm³/mol. The molecule has 0 N–H and O–H groups in total. The Morgan fingerprint density at radius 3 is 2.60 bits per heavy atom. The molecule has 0 aliphatic heterocycles. The SMILES string of the molecule is COc1cc(-c2ncnc(OC)c2C=O)c(F)cc1Cl. The lowest BCUT2D eigenvalue weighted by Crippen LogP contribution is -2.01. The molecule has 0 saturated carbocycles. The van der Waals surface area contributed by atoms with E-state index in [0.29, 0.717) is 6.29 Å². The number of halogens is 2. The van der Waals surface area contributed by atoms with Crippen molar-refractivity contribution in [2.24, 2.45) is 0 Å². The summed E-state index contributed by atoms with van der Waals surface area (Å²) in [5, 5.41) is 0.127. The fraction of sp³-hybridized carbons (Fsp3) is 0.154. The van der Waals surface area contributed by atoms with Gasteiger partial charge >= 0.3 is 0 Å². The number of hydrogen-bond donors (Lipinski definition) is 0. The van der Waals surface area contributed by atoms with Crippen molar-refractivity contribution in [1.82, 2.24) is 9.97 Å². The molecule has 7 heteroatoms. The Morgan fingerprint density at radius 1 is 1.25 bits per heavy atom. The molecule has 2 aromatic rings. The highest BCUT2D eigenvalue weighted by atomic mass is 35.5. The van der Waals surface area contributed by atoms with Crippen molar-refractivity contribution >= 4 is 17.9 Å². The number of methoxy groups -OCH3 is 2. The summed E-state index contributed by atoms with van der Waals surface area (Å²) in [6.45, 7) is 0. The van der Waals surface area contributed by atoms with Crippen LogP contribution in [0.5, 0.6) is 11.6 Å². The molecule has 0 spiro atoms. The zero-order chi connectivity index (χ0) is 14.7. The van der Waals surface area contributed by atoms with Crippen molar-refractivity contribution < 1.29 is 18.7 Å². The number of carbonyl (C=O) groups is 1. The average molecular weight is 297 g/mol. The number of benzene rings is 1. The number of carbonyl (C=O) groups excluding carboxylic acids is 1. The topological polar surface area (TPSA) is 61.3 Å². The molecule has 0 bridgehead atoms. The molecule has 1 aromatic heterocycles. The minimum Gasteiger partial charge on any atom is -0.495 e. The minimum atomic E-state index is -0.625. The van der Waals surface area contributed by atoms with Crippen LogP contribution in [0.25, 0.3) is 11.3 Å². The maximum Gasteiger partial charge on any atom is 0.227 e. The summed E-state index contributed by atoms with van der Waals surface area (Å²) in [7, 11) is 2.77. The van der Waals surface area contributed by atoms with E-state index in [1.165, 1.54) is 26.6 Å². The average Bonchev–Trinajstić information content (AvgIpc) is 2.46. The molecule has 0 aliphatic rings. The van der Waals surface area contributed by atoms with E-state index in [1.54, 1.807) is 0 Å². The van der Waals surface area contributed by atoms with E-state index in [2.05, 4.69) is 9.97 Å². The van der Waals surface area contributed by atoms with Gasteiger partial charge in [0.15, 0.2) is 6.29 Å². The summed E-state index contributed by atoms with van der Waals surface area (Å²) in [6, 6.07) is 2.46. The first-order chi connectivity index (χ1) is 9.62. The van der Waals surface area contributed by atoms with Crippen LogP contribution in [0.15, 0.2) is 18.5 Å². The van der Waals surface area contributed by atoms with Gasteiger partial charge in [-0.25, -0.2) is 14.4 Å². The van der Waals surface area contributed by atoms with Gasteiger partial charge in [-0.05, 0) is 12.1 Å². The molecule has 1 heterocycles. The Morgan fingerprint density at radius 2 is 2.00 bits per heavy atom. The number of nitrogens with zero attached hydrogens (tertiary/aromatic N) is 2. The molecule has 0 unspecified atom stereocenters. The van der Waals surface area contributed by atoms with Gasteiger partial charge < -0.3 is 9.47 Å². The van der Waals surface area contributed by atoms with Crippen LogP contribution < -0.4 is 9.47 Å². The Kier molecular flexibility index (Phi) is 4.14. The molecule has 0 aliphatic carbocycles. The number of rotatable bonds is 4. The first-order valence-electron chi connectivity index (χ1n) is 5.50. The van der Waals surface area contributed by atoms with Crippen molar-refractivity contribution in [3.8, 4) is 22.9 Å². The maximum atomic E-state index is 14.0. The van der Waals surface area contributed by atoms with Crippen LogP contribution in [0.2, 0.25) is 5.02 Å². The molecular weight excluding hydrogens is 287 g/mol. The number of aromatic nitrogens is 2. The highest BCUT2D eigenvalue weighted by Crippen LogP contribution is 2.34. The van der Waals surface area contributed by atoms with Crippen LogP contribution in [0.3, 0.4) is 0 Å². The van der Waals surface area contributed by atoms with Crippen LogP contribution in [-0.2, 0) is 0 Å². The molecule has 0 radical (unpaired) electrons. The third kappa shape index (κ3) is 2.42. The molecule has 2 rings (SSSR count). The lowest BCUT2D eigenvalue weighted by molar-refractivity contribution is 0.112. The van der Waals surface area contributed by atoms with E-state index in [-0.39, 0.29) is 33.5 Å². The number of hydrogen-bond acceptors (Lipinski definition) is 5. The predicted octanol–water partition coefficient (Wildman–Crippen LogP) is 2.77. The second kappa shape index (κ2) is 5.83. The van der Waals surface area contributed by atoms with Gasteiger partial charge in [0.25, 0.3) is 0 Å². The molecule has 0 atom stereocenters. The van der Waals surface area contributed by atoms with Crippen molar-refractivity contribution in [1.29, 1.82) is 0 Å². The van der Waals surface area contributed by atoms with Crippen LogP contribution in [0, 0.1) is 5.82 Å². The van der Waals surface area contributed by atoms with E-state index >= 15 is 0 Å². The summed E-state index contributed by atoms with van der Waals surface area (Å²) in [6.07, 6.45) is 1.69. The number of ether oxygens (including phenoxy) is 2. The third-order valence-electron chi connectivity index (χ3n) is 2.66.